The molecule has 3 heterocycles. The highest BCUT2D eigenvalue weighted by Crippen LogP contribution is 2.35. The maximum atomic E-state index is 12.7. The summed E-state index contributed by atoms with van der Waals surface area (Å²) in [6, 6.07) is 1.97. The molecular formula is C19H21N5O4S2. The Morgan fingerprint density at radius 3 is 2.47 bits per heavy atom. The number of piperazine rings is 1. The largest absolute Gasteiger partial charge is 0.480 e. The molecule has 2 aliphatic heterocycles. The van der Waals surface area contributed by atoms with Crippen molar-refractivity contribution in [3.05, 3.63) is 31.9 Å². The third kappa shape index (κ3) is 3.98. The van der Waals surface area contributed by atoms with E-state index in [1.165, 1.54) is 4.57 Å². The van der Waals surface area contributed by atoms with E-state index in [9.17, 15) is 19.6 Å². The topological polar surface area (TPSA) is 110 Å². The molecule has 11 heteroatoms. The average molecular weight is 448 g/mol. The van der Waals surface area contributed by atoms with Crippen molar-refractivity contribution < 1.29 is 14.7 Å². The molecular weight excluding hydrogens is 426 g/mol. The molecule has 1 aromatic rings. The van der Waals surface area contributed by atoms with Gasteiger partial charge in [-0.3, -0.25) is 23.9 Å². The highest BCUT2D eigenvalue weighted by Gasteiger charge is 2.34. The third-order valence-electron chi connectivity index (χ3n) is 5.21. The van der Waals surface area contributed by atoms with Gasteiger partial charge in [-0.25, -0.2) is 0 Å². The van der Waals surface area contributed by atoms with Crippen molar-refractivity contribution in [3.8, 4) is 6.07 Å². The molecule has 1 amide bonds. The lowest BCUT2D eigenvalue weighted by atomic mass is 10.0. The maximum absolute atomic E-state index is 12.7. The van der Waals surface area contributed by atoms with Crippen molar-refractivity contribution in [2.24, 2.45) is 7.05 Å². The molecule has 158 valence electrons. The van der Waals surface area contributed by atoms with Gasteiger partial charge < -0.3 is 14.9 Å². The summed E-state index contributed by atoms with van der Waals surface area (Å²) < 4.78 is 1.61. The van der Waals surface area contributed by atoms with Gasteiger partial charge in [-0.2, -0.15) is 5.26 Å². The van der Waals surface area contributed by atoms with E-state index in [1.54, 1.807) is 20.0 Å². The number of nitrogens with zero attached hydrogens (tertiary/aromatic N) is 5. The molecule has 30 heavy (non-hydrogen) atoms. The molecule has 0 radical (unpaired) electrons. The Morgan fingerprint density at radius 1 is 1.27 bits per heavy atom. The van der Waals surface area contributed by atoms with Crippen molar-refractivity contribution in [2.75, 3.05) is 44.7 Å². The minimum absolute atomic E-state index is 0.0163. The number of thiocarbonyl (C=S) groups is 1. The fourth-order valence-corrected chi connectivity index (χ4v) is 4.75. The number of anilines is 1. The van der Waals surface area contributed by atoms with Crippen LogP contribution in [0.25, 0.3) is 6.08 Å². The Morgan fingerprint density at radius 2 is 1.90 bits per heavy atom. The number of nitriles is 1. The second-order valence-electron chi connectivity index (χ2n) is 7.17. The SMILES string of the molecule is Cc1c(C=C2SC(=S)N(CC(=O)O)C2=O)c(N2CCN(C)CC2)n(C)c(=O)c1C#N. The predicted octanol–water partition coefficient (Wildman–Crippen LogP) is 0.603. The minimum Gasteiger partial charge on any atom is -0.480 e. The van der Waals surface area contributed by atoms with Gasteiger partial charge >= 0.3 is 5.97 Å². The first kappa shape index (κ1) is 22.0. The number of carboxylic acid groups (broad SMARTS) is 1. The van der Waals surface area contributed by atoms with Crippen LogP contribution in [0, 0.1) is 18.3 Å². The Hall–Kier alpha value is -2.68. The number of amides is 1. The van der Waals surface area contributed by atoms with Crippen molar-refractivity contribution in [1.29, 1.82) is 5.26 Å². The van der Waals surface area contributed by atoms with Crippen LogP contribution in [0.4, 0.5) is 5.82 Å². The minimum atomic E-state index is -1.16. The molecule has 0 saturated carbocycles. The standard InChI is InChI=1S/C19H21N5O4S2/c1-11-12(8-14-18(28)24(10-15(25)26)19(29)30-14)16(22(3)17(27)13(11)9-20)23-6-4-21(2)5-7-23/h8H,4-7,10H2,1-3H3,(H,25,26). The molecule has 2 fully saturated rings. The zero-order valence-electron chi connectivity index (χ0n) is 16.8. The summed E-state index contributed by atoms with van der Waals surface area (Å²) in [6.07, 6.45) is 1.62. The van der Waals surface area contributed by atoms with Crippen LogP contribution < -0.4 is 10.5 Å². The molecule has 1 N–H and O–H groups in total. The Kier molecular flexibility index (Phi) is 6.30. The molecule has 0 atom stereocenters. The molecule has 0 spiro atoms. The summed E-state index contributed by atoms with van der Waals surface area (Å²) in [5.74, 6) is -1.02. The number of pyridine rings is 1. The fraction of sp³-hybridized carbons (Fsp3) is 0.421. The van der Waals surface area contributed by atoms with E-state index in [2.05, 4.69) is 9.80 Å². The average Bonchev–Trinajstić information content (AvgIpc) is 2.95. The number of hydrogen-bond donors (Lipinski definition) is 1. The van der Waals surface area contributed by atoms with E-state index >= 15 is 0 Å². The smallest absolute Gasteiger partial charge is 0.323 e. The van der Waals surface area contributed by atoms with Crippen LogP contribution in [0.2, 0.25) is 0 Å². The van der Waals surface area contributed by atoms with Gasteiger partial charge in [0.05, 0.1) is 4.91 Å². The summed E-state index contributed by atoms with van der Waals surface area (Å²) in [5.41, 5.74) is 0.703. The summed E-state index contributed by atoms with van der Waals surface area (Å²) >= 11 is 6.18. The van der Waals surface area contributed by atoms with E-state index in [1.807, 2.05) is 13.1 Å². The molecule has 2 aliphatic rings. The van der Waals surface area contributed by atoms with Gasteiger partial charge in [-0.15, -0.1) is 0 Å². The van der Waals surface area contributed by atoms with E-state index in [0.717, 1.165) is 29.8 Å². The number of hydrogen-bond acceptors (Lipinski definition) is 8. The summed E-state index contributed by atoms with van der Waals surface area (Å²) in [4.78, 5) is 42.1. The van der Waals surface area contributed by atoms with E-state index in [0.29, 0.717) is 30.0 Å². The number of carbonyl (C=O) groups excluding carboxylic acids is 1. The summed E-state index contributed by atoms with van der Waals surface area (Å²) in [5, 5.41) is 18.5. The van der Waals surface area contributed by atoms with Crippen molar-refractivity contribution >= 4 is 52.1 Å². The van der Waals surface area contributed by atoms with Crippen LogP contribution in [0.5, 0.6) is 0 Å². The van der Waals surface area contributed by atoms with Crippen molar-refractivity contribution in [3.63, 3.8) is 0 Å². The van der Waals surface area contributed by atoms with E-state index in [4.69, 9.17) is 17.3 Å². The van der Waals surface area contributed by atoms with Gasteiger partial charge in [0, 0.05) is 38.8 Å². The maximum Gasteiger partial charge on any atom is 0.323 e. The highest BCUT2D eigenvalue weighted by molar-refractivity contribution is 8.26. The van der Waals surface area contributed by atoms with Gasteiger partial charge in [-0.1, -0.05) is 24.0 Å². The first-order valence-electron chi connectivity index (χ1n) is 9.20. The van der Waals surface area contributed by atoms with Crippen molar-refractivity contribution in [1.82, 2.24) is 14.4 Å². The number of aromatic nitrogens is 1. The molecule has 0 aromatic carbocycles. The lowest BCUT2D eigenvalue weighted by molar-refractivity contribution is -0.140. The van der Waals surface area contributed by atoms with Crippen LogP contribution in [-0.2, 0) is 16.6 Å². The molecule has 0 aliphatic carbocycles. The van der Waals surface area contributed by atoms with E-state index < -0.39 is 18.4 Å². The number of carbonyl (C=O) groups is 2. The third-order valence-corrected chi connectivity index (χ3v) is 6.59. The highest BCUT2D eigenvalue weighted by atomic mass is 32.2. The summed E-state index contributed by atoms with van der Waals surface area (Å²) in [6.45, 7) is 4.18. The Bertz CT molecular complexity index is 1060. The zero-order chi connectivity index (χ0) is 22.2. The number of carboxylic acids is 1. The van der Waals surface area contributed by atoms with Gasteiger partial charge in [-0.05, 0) is 25.6 Å². The normalized spacial score (nSPS) is 18.9. The lowest BCUT2D eigenvalue weighted by Gasteiger charge is -2.36. The number of rotatable bonds is 4. The monoisotopic (exact) mass is 447 g/mol. The van der Waals surface area contributed by atoms with Crippen LogP contribution in [0.3, 0.4) is 0 Å². The number of thioether (sulfide) groups is 1. The lowest BCUT2D eigenvalue weighted by Crippen LogP contribution is -2.46. The first-order valence-corrected chi connectivity index (χ1v) is 10.4. The molecule has 3 rings (SSSR count). The van der Waals surface area contributed by atoms with E-state index in [-0.39, 0.29) is 20.3 Å². The van der Waals surface area contributed by atoms with Crippen LogP contribution in [0.1, 0.15) is 16.7 Å². The number of likely N-dealkylation sites (N-methyl/N-ethyl adjacent to an activating group) is 1. The number of aliphatic carboxylic acids is 1. The van der Waals surface area contributed by atoms with Gasteiger partial charge in [0.2, 0.25) is 0 Å². The quantitative estimate of drug-likeness (QED) is 0.524. The van der Waals surface area contributed by atoms with Crippen LogP contribution >= 0.6 is 24.0 Å². The van der Waals surface area contributed by atoms with Gasteiger partial charge in [0.15, 0.2) is 0 Å². The zero-order valence-corrected chi connectivity index (χ0v) is 18.5. The van der Waals surface area contributed by atoms with Crippen LogP contribution in [-0.4, -0.2) is 75.4 Å². The molecule has 0 bridgehead atoms. The fourth-order valence-electron chi connectivity index (χ4n) is 3.52. The van der Waals surface area contributed by atoms with Crippen molar-refractivity contribution in [2.45, 2.75) is 6.92 Å². The van der Waals surface area contributed by atoms with Gasteiger partial charge in [0.1, 0.15) is 28.3 Å². The molecule has 1 aromatic heterocycles. The molecule has 2 saturated heterocycles. The molecule has 9 nitrogen and oxygen atoms in total. The molecule has 0 unspecified atom stereocenters. The summed E-state index contributed by atoms with van der Waals surface area (Å²) in [7, 11) is 3.64. The second kappa shape index (κ2) is 8.59. The second-order valence-corrected chi connectivity index (χ2v) is 8.84. The van der Waals surface area contributed by atoms with Gasteiger partial charge in [0.25, 0.3) is 11.5 Å². The predicted molar refractivity (Wildman–Crippen MR) is 118 cm³/mol. The first-order chi connectivity index (χ1) is 14.1. The Balaban J connectivity index is 2.15. The van der Waals surface area contributed by atoms with Crippen LogP contribution in [0.15, 0.2) is 9.70 Å². The Labute approximate surface area is 183 Å².